The van der Waals surface area contributed by atoms with Crippen molar-refractivity contribution in [1.29, 1.82) is 0 Å². The van der Waals surface area contributed by atoms with Crippen LogP contribution in [-0.2, 0) is 16.1 Å². The Labute approximate surface area is 118 Å². The number of aliphatic carboxylic acids is 1. The molecule has 0 radical (unpaired) electrons. The van der Waals surface area contributed by atoms with Gasteiger partial charge in [-0.1, -0.05) is 18.2 Å². The number of nitrogens with one attached hydrogen (secondary N) is 1. The summed E-state index contributed by atoms with van der Waals surface area (Å²) in [6.07, 6.45) is 0. The highest BCUT2D eigenvalue weighted by Crippen LogP contribution is 2.18. The monoisotopic (exact) mass is 280 g/mol. The lowest BCUT2D eigenvalue weighted by Gasteiger charge is -2.22. The highest BCUT2D eigenvalue weighted by atomic mass is 16.5. The van der Waals surface area contributed by atoms with Crippen LogP contribution in [0, 0.1) is 0 Å². The third kappa shape index (κ3) is 4.89. The molecule has 1 aromatic carbocycles. The van der Waals surface area contributed by atoms with Gasteiger partial charge >= 0.3 is 5.97 Å². The first-order valence-corrected chi connectivity index (χ1v) is 6.24. The lowest BCUT2D eigenvalue weighted by Crippen LogP contribution is -2.46. The summed E-state index contributed by atoms with van der Waals surface area (Å²) in [6.45, 7) is 2.05. The van der Waals surface area contributed by atoms with E-state index in [1.54, 1.807) is 14.2 Å². The number of amides is 1. The number of rotatable bonds is 7. The van der Waals surface area contributed by atoms with Gasteiger partial charge in [-0.05, 0) is 13.1 Å². The maximum atomic E-state index is 11.1. The summed E-state index contributed by atoms with van der Waals surface area (Å²) < 4.78 is 5.25. The molecule has 6 nitrogen and oxygen atoms in total. The van der Waals surface area contributed by atoms with Crippen molar-refractivity contribution in [3.63, 3.8) is 0 Å². The van der Waals surface area contributed by atoms with Crippen LogP contribution in [0.4, 0.5) is 0 Å². The van der Waals surface area contributed by atoms with E-state index in [4.69, 9.17) is 9.84 Å². The van der Waals surface area contributed by atoms with Crippen molar-refractivity contribution in [2.75, 3.05) is 20.7 Å². The molecule has 0 aromatic heterocycles. The molecule has 0 saturated heterocycles. The van der Waals surface area contributed by atoms with Gasteiger partial charge in [-0.15, -0.1) is 0 Å². The molecule has 0 saturated carbocycles. The van der Waals surface area contributed by atoms with E-state index < -0.39 is 12.0 Å². The van der Waals surface area contributed by atoms with E-state index in [0.717, 1.165) is 11.3 Å². The molecule has 6 heteroatoms. The Kier molecular flexibility index (Phi) is 5.99. The van der Waals surface area contributed by atoms with Gasteiger partial charge < -0.3 is 15.2 Å². The highest BCUT2D eigenvalue weighted by Gasteiger charge is 2.20. The molecule has 2 N–H and O–H groups in total. The van der Waals surface area contributed by atoms with E-state index in [0.29, 0.717) is 6.54 Å². The van der Waals surface area contributed by atoms with E-state index in [2.05, 4.69) is 5.32 Å². The van der Waals surface area contributed by atoms with Gasteiger partial charge in [-0.25, -0.2) is 4.79 Å². The van der Waals surface area contributed by atoms with E-state index >= 15 is 0 Å². The first kappa shape index (κ1) is 16.0. The number of para-hydroxylation sites is 1. The largest absolute Gasteiger partial charge is 0.496 e. The summed E-state index contributed by atoms with van der Waals surface area (Å²) in [5.41, 5.74) is 0.962. The minimum Gasteiger partial charge on any atom is -0.496 e. The lowest BCUT2D eigenvalue weighted by atomic mass is 10.2. The fraction of sp³-hybridized carbons (Fsp3) is 0.429. The van der Waals surface area contributed by atoms with Crippen molar-refractivity contribution in [1.82, 2.24) is 10.2 Å². The van der Waals surface area contributed by atoms with E-state index in [-0.39, 0.29) is 12.5 Å². The number of nitrogens with zero attached hydrogens (tertiary/aromatic N) is 1. The Hall–Kier alpha value is -2.08. The van der Waals surface area contributed by atoms with Crippen molar-refractivity contribution in [2.24, 2.45) is 0 Å². The smallest absolute Gasteiger partial charge is 0.327 e. The molecule has 1 atom stereocenters. The van der Waals surface area contributed by atoms with Crippen molar-refractivity contribution in [3.8, 4) is 5.75 Å². The van der Waals surface area contributed by atoms with E-state index in [9.17, 15) is 9.59 Å². The fourth-order valence-electron chi connectivity index (χ4n) is 1.93. The summed E-state index contributed by atoms with van der Waals surface area (Å²) in [6, 6.07) is 6.62. The first-order chi connectivity index (χ1) is 9.43. The van der Waals surface area contributed by atoms with Gasteiger partial charge in [0.25, 0.3) is 0 Å². The van der Waals surface area contributed by atoms with Crippen molar-refractivity contribution in [3.05, 3.63) is 29.8 Å². The predicted molar refractivity (Wildman–Crippen MR) is 74.6 cm³/mol. The zero-order chi connectivity index (χ0) is 15.1. The number of carbonyl (C=O) groups excluding carboxylic acids is 1. The van der Waals surface area contributed by atoms with Crippen LogP contribution in [0.5, 0.6) is 5.75 Å². The van der Waals surface area contributed by atoms with Gasteiger partial charge in [-0.2, -0.15) is 0 Å². The van der Waals surface area contributed by atoms with Crippen molar-refractivity contribution in [2.45, 2.75) is 19.5 Å². The number of carboxylic acids is 1. The number of ether oxygens (including phenoxy) is 1. The van der Waals surface area contributed by atoms with E-state index in [1.807, 2.05) is 29.2 Å². The molecule has 0 bridgehead atoms. The second-order valence-corrected chi connectivity index (χ2v) is 4.60. The minimum absolute atomic E-state index is 0.215. The Morgan fingerprint density at radius 2 is 2.05 bits per heavy atom. The molecule has 1 rings (SSSR count). The third-order valence-corrected chi connectivity index (χ3v) is 2.80. The van der Waals surface area contributed by atoms with Gasteiger partial charge in [0.05, 0.1) is 7.11 Å². The number of benzene rings is 1. The Morgan fingerprint density at radius 1 is 1.40 bits per heavy atom. The zero-order valence-electron chi connectivity index (χ0n) is 11.9. The van der Waals surface area contributed by atoms with Gasteiger partial charge in [0, 0.05) is 25.6 Å². The van der Waals surface area contributed by atoms with Gasteiger partial charge in [0.1, 0.15) is 11.8 Å². The minimum atomic E-state index is -1.05. The van der Waals surface area contributed by atoms with Crippen LogP contribution in [0.1, 0.15) is 12.5 Å². The molecule has 0 aliphatic heterocycles. The maximum Gasteiger partial charge on any atom is 0.327 e. The Balaban J connectivity index is 2.67. The molecule has 1 unspecified atom stereocenters. The number of carbonyl (C=O) groups is 2. The SMILES string of the molecule is COc1ccccc1CN(C)CC(NC(C)=O)C(=O)O. The average molecular weight is 280 g/mol. The average Bonchev–Trinajstić information content (AvgIpc) is 2.37. The van der Waals surface area contributed by atoms with Crippen LogP contribution >= 0.6 is 0 Å². The zero-order valence-corrected chi connectivity index (χ0v) is 11.9. The number of hydrogen-bond donors (Lipinski definition) is 2. The van der Waals surface area contributed by atoms with E-state index in [1.165, 1.54) is 6.92 Å². The summed E-state index contributed by atoms with van der Waals surface area (Å²) in [5, 5.41) is 11.5. The molecular formula is C14H20N2O4. The second-order valence-electron chi connectivity index (χ2n) is 4.60. The molecule has 0 heterocycles. The molecule has 0 fully saturated rings. The Bertz CT molecular complexity index is 476. The quantitative estimate of drug-likeness (QED) is 0.769. The molecule has 1 aromatic rings. The number of likely N-dealkylation sites (N-methyl/N-ethyl adjacent to an activating group) is 1. The first-order valence-electron chi connectivity index (χ1n) is 6.24. The third-order valence-electron chi connectivity index (χ3n) is 2.80. The van der Waals surface area contributed by atoms with Gasteiger partial charge in [0.2, 0.25) is 5.91 Å². The molecular weight excluding hydrogens is 260 g/mol. The molecule has 20 heavy (non-hydrogen) atoms. The van der Waals surface area contributed by atoms with Crippen LogP contribution in [0.2, 0.25) is 0 Å². The van der Waals surface area contributed by atoms with Gasteiger partial charge in [0.15, 0.2) is 0 Å². The lowest BCUT2D eigenvalue weighted by molar-refractivity contribution is -0.142. The summed E-state index contributed by atoms with van der Waals surface area (Å²) in [7, 11) is 3.39. The Morgan fingerprint density at radius 3 is 2.60 bits per heavy atom. The topological polar surface area (TPSA) is 78.9 Å². The molecule has 0 spiro atoms. The standard InChI is InChI=1S/C14H20N2O4/c1-10(17)15-12(14(18)19)9-16(2)8-11-6-4-5-7-13(11)20-3/h4-7,12H,8-9H2,1-3H3,(H,15,17)(H,18,19). The summed E-state index contributed by atoms with van der Waals surface area (Å²) in [4.78, 5) is 23.9. The fourth-order valence-corrected chi connectivity index (χ4v) is 1.93. The van der Waals surface area contributed by atoms with Crippen molar-refractivity contribution >= 4 is 11.9 Å². The molecule has 0 aliphatic rings. The summed E-state index contributed by atoms with van der Waals surface area (Å²) in [5.74, 6) is -0.652. The summed E-state index contributed by atoms with van der Waals surface area (Å²) >= 11 is 0. The van der Waals surface area contributed by atoms with Crippen LogP contribution in [-0.4, -0.2) is 48.6 Å². The van der Waals surface area contributed by atoms with Gasteiger partial charge in [-0.3, -0.25) is 9.69 Å². The van der Waals surface area contributed by atoms with Crippen LogP contribution < -0.4 is 10.1 Å². The number of hydrogen-bond acceptors (Lipinski definition) is 4. The molecule has 1 amide bonds. The van der Waals surface area contributed by atoms with Crippen LogP contribution in [0.15, 0.2) is 24.3 Å². The molecule has 110 valence electrons. The second kappa shape index (κ2) is 7.49. The molecule has 0 aliphatic carbocycles. The number of carboxylic acid groups (broad SMARTS) is 1. The number of methoxy groups -OCH3 is 1. The van der Waals surface area contributed by atoms with Crippen LogP contribution in [0.3, 0.4) is 0 Å². The van der Waals surface area contributed by atoms with Crippen LogP contribution in [0.25, 0.3) is 0 Å². The predicted octanol–water partition coefficient (Wildman–Crippen LogP) is 0.716. The maximum absolute atomic E-state index is 11.1. The highest BCUT2D eigenvalue weighted by molar-refractivity contribution is 5.82. The normalized spacial score (nSPS) is 12.0. The van der Waals surface area contributed by atoms with Crippen molar-refractivity contribution < 1.29 is 19.4 Å².